The van der Waals surface area contributed by atoms with Crippen molar-refractivity contribution in [1.82, 2.24) is 9.21 Å². The molecule has 200 valence electrons. The molecule has 0 atom stereocenters. The van der Waals surface area contributed by atoms with Crippen molar-refractivity contribution in [3.05, 3.63) is 102 Å². The molecule has 1 aliphatic rings. The monoisotopic (exact) mass is 538 g/mol. The van der Waals surface area contributed by atoms with E-state index in [0.717, 1.165) is 18.0 Å². The maximum absolute atomic E-state index is 6.04. The van der Waals surface area contributed by atoms with Gasteiger partial charge in [-0.3, -0.25) is 0 Å². The maximum atomic E-state index is 6.04. The van der Waals surface area contributed by atoms with Crippen LogP contribution in [0.2, 0.25) is 5.02 Å². The molecule has 37 heavy (non-hydrogen) atoms. The molecular weight excluding hydrogens is 496 g/mol. The fourth-order valence-electron chi connectivity index (χ4n) is 4.79. The number of nitrogens with zero attached hydrogens (tertiary/aromatic N) is 2. The molecule has 0 N–H and O–H groups in total. The number of ether oxygens (including phenoxy) is 1. The van der Waals surface area contributed by atoms with Gasteiger partial charge in [-0.05, 0) is 100 Å². The van der Waals surface area contributed by atoms with Gasteiger partial charge < -0.3 is 9.64 Å². The molecule has 3 aromatic carbocycles. The van der Waals surface area contributed by atoms with Crippen LogP contribution in [0.4, 0.5) is 0 Å². The average Bonchev–Trinajstić information content (AvgIpc) is 2.94. The molecule has 0 radical (unpaired) electrons. The second-order valence-corrected chi connectivity index (χ2v) is 11.5. The van der Waals surface area contributed by atoms with Gasteiger partial charge in [0, 0.05) is 36.7 Å². The van der Waals surface area contributed by atoms with Crippen molar-refractivity contribution in [1.29, 1.82) is 0 Å². The number of methoxy groups -OCH3 is 1. The van der Waals surface area contributed by atoms with E-state index in [2.05, 4.69) is 76.9 Å². The second-order valence-electron chi connectivity index (χ2n) is 9.83. The van der Waals surface area contributed by atoms with Crippen LogP contribution in [0.15, 0.2) is 95.9 Å². The lowest BCUT2D eigenvalue weighted by Gasteiger charge is -2.41. The van der Waals surface area contributed by atoms with E-state index in [-0.39, 0.29) is 5.60 Å². The van der Waals surface area contributed by atoms with Crippen molar-refractivity contribution >= 4 is 23.5 Å². The van der Waals surface area contributed by atoms with Crippen LogP contribution in [0, 0.1) is 0 Å². The van der Waals surface area contributed by atoms with Crippen LogP contribution in [-0.4, -0.2) is 55.1 Å². The van der Waals surface area contributed by atoms with E-state index < -0.39 is 0 Å². The molecule has 3 aromatic rings. The predicted octanol–water partition coefficient (Wildman–Crippen LogP) is 8.25. The van der Waals surface area contributed by atoms with Crippen molar-refractivity contribution in [2.24, 2.45) is 0 Å². The van der Waals surface area contributed by atoms with Gasteiger partial charge in [-0.15, -0.1) is 0 Å². The molecule has 0 aromatic heterocycles. The highest BCUT2D eigenvalue weighted by Crippen LogP contribution is 2.31. The Morgan fingerprint density at radius 3 is 2.00 bits per heavy atom. The zero-order chi connectivity index (χ0) is 26.2. The number of hydrogen-bond donors (Lipinski definition) is 0. The van der Waals surface area contributed by atoms with Crippen molar-refractivity contribution in [3.63, 3.8) is 0 Å². The van der Waals surface area contributed by atoms with Crippen molar-refractivity contribution in [2.45, 2.75) is 55.4 Å². The topological polar surface area (TPSA) is 15.7 Å². The number of rotatable bonds is 12. The van der Waals surface area contributed by atoms with Gasteiger partial charge in [0.05, 0.1) is 5.60 Å². The highest BCUT2D eigenvalue weighted by molar-refractivity contribution is 7.97. The molecule has 1 heterocycles. The van der Waals surface area contributed by atoms with E-state index in [0.29, 0.717) is 0 Å². The van der Waals surface area contributed by atoms with Gasteiger partial charge in [-0.25, -0.2) is 4.31 Å². The third kappa shape index (κ3) is 11.6. The first-order valence-corrected chi connectivity index (χ1v) is 14.7. The van der Waals surface area contributed by atoms with Gasteiger partial charge in [0.2, 0.25) is 0 Å². The van der Waals surface area contributed by atoms with E-state index in [4.69, 9.17) is 16.3 Å². The first-order valence-electron chi connectivity index (χ1n) is 13.5. The Morgan fingerprint density at radius 2 is 1.43 bits per heavy atom. The van der Waals surface area contributed by atoms with Crippen molar-refractivity contribution in [2.75, 3.05) is 40.3 Å². The Labute approximate surface area is 234 Å². The first-order chi connectivity index (χ1) is 18.1. The summed E-state index contributed by atoms with van der Waals surface area (Å²) in [5, 5.41) is 0.794. The minimum Gasteiger partial charge on any atom is -0.378 e. The summed E-state index contributed by atoms with van der Waals surface area (Å²) in [6.45, 7) is 4.70. The second kappa shape index (κ2) is 16.9. The molecule has 0 aliphatic carbocycles. The lowest BCUT2D eigenvalue weighted by molar-refractivity contribution is -0.0637. The normalized spacial score (nSPS) is 15.2. The number of piperidine rings is 1. The van der Waals surface area contributed by atoms with Gasteiger partial charge in [0.1, 0.15) is 0 Å². The molecule has 4 rings (SSSR count). The first kappa shape index (κ1) is 29.7. The Bertz CT molecular complexity index is 966. The van der Waals surface area contributed by atoms with Crippen LogP contribution in [0.5, 0.6) is 0 Å². The fourth-order valence-corrected chi connectivity index (χ4v) is 5.80. The molecule has 0 amide bonds. The van der Waals surface area contributed by atoms with E-state index >= 15 is 0 Å². The summed E-state index contributed by atoms with van der Waals surface area (Å²) >= 11 is 7.38. The average molecular weight is 539 g/mol. The summed E-state index contributed by atoms with van der Waals surface area (Å²) in [6, 6.07) is 30.9. The van der Waals surface area contributed by atoms with Gasteiger partial charge in [0.25, 0.3) is 0 Å². The SMILES string of the molecule is COC1(CCCc2ccccc2)CCN(CCCCN(C)Sc2ccccc2)CC1.Clc1ccccc1. The third-order valence-electron chi connectivity index (χ3n) is 7.08. The number of unbranched alkanes of at least 4 members (excludes halogenated alkanes) is 1. The Balaban J connectivity index is 0.000000468. The number of halogens is 1. The van der Waals surface area contributed by atoms with Gasteiger partial charge in [0.15, 0.2) is 0 Å². The summed E-state index contributed by atoms with van der Waals surface area (Å²) in [5.41, 5.74) is 1.54. The quantitative estimate of drug-likeness (QED) is 0.170. The molecule has 0 unspecified atom stereocenters. The van der Waals surface area contributed by atoms with Crippen LogP contribution in [0.25, 0.3) is 0 Å². The minimum atomic E-state index is 0.0951. The molecule has 0 bridgehead atoms. The zero-order valence-electron chi connectivity index (χ0n) is 22.5. The standard InChI is InChI=1S/C26H38N2OS.C6H5Cl/c1-27(30-25-15-7-4-8-16-25)20-9-10-21-28-22-18-26(29-2,19-23-28)17-11-14-24-12-5-3-6-13-24;7-6-4-2-1-3-5-6/h3-8,12-13,15-16H,9-11,14,17-23H2,1-2H3;1-5H. The van der Waals surface area contributed by atoms with E-state index in [1.807, 2.05) is 49.4 Å². The lowest BCUT2D eigenvalue weighted by Crippen LogP contribution is -2.45. The molecular formula is C32H43ClN2OS. The molecule has 0 spiro atoms. The van der Waals surface area contributed by atoms with E-state index in [9.17, 15) is 0 Å². The molecule has 5 heteroatoms. The largest absolute Gasteiger partial charge is 0.378 e. The number of aryl methyl sites for hydroxylation is 1. The van der Waals surface area contributed by atoms with Gasteiger partial charge in [-0.1, -0.05) is 78.3 Å². The van der Waals surface area contributed by atoms with Crippen molar-refractivity contribution in [3.8, 4) is 0 Å². The molecule has 1 aliphatic heterocycles. The minimum absolute atomic E-state index is 0.0951. The van der Waals surface area contributed by atoms with Gasteiger partial charge in [-0.2, -0.15) is 0 Å². The van der Waals surface area contributed by atoms with E-state index in [1.54, 1.807) is 0 Å². The lowest BCUT2D eigenvalue weighted by atomic mass is 9.85. The van der Waals surface area contributed by atoms with Gasteiger partial charge >= 0.3 is 0 Å². The highest BCUT2D eigenvalue weighted by Gasteiger charge is 2.33. The number of hydrogen-bond acceptors (Lipinski definition) is 4. The van der Waals surface area contributed by atoms with Crippen LogP contribution in [-0.2, 0) is 11.2 Å². The smallest absolute Gasteiger partial charge is 0.0703 e. The summed E-state index contributed by atoms with van der Waals surface area (Å²) in [7, 11) is 4.11. The Morgan fingerprint density at radius 1 is 0.838 bits per heavy atom. The van der Waals surface area contributed by atoms with Crippen LogP contribution < -0.4 is 0 Å². The van der Waals surface area contributed by atoms with Crippen LogP contribution in [0.1, 0.15) is 44.1 Å². The third-order valence-corrected chi connectivity index (χ3v) is 8.31. The van der Waals surface area contributed by atoms with Crippen LogP contribution in [0.3, 0.4) is 0 Å². The van der Waals surface area contributed by atoms with Crippen molar-refractivity contribution < 1.29 is 4.74 Å². The number of benzene rings is 3. The Kier molecular flexibility index (Phi) is 13.6. The molecule has 1 saturated heterocycles. The number of likely N-dealkylation sites (tertiary alicyclic amines) is 1. The molecule has 0 saturated carbocycles. The highest BCUT2D eigenvalue weighted by atomic mass is 35.5. The summed E-state index contributed by atoms with van der Waals surface area (Å²) in [5.74, 6) is 0. The fraction of sp³-hybridized carbons (Fsp3) is 0.438. The zero-order valence-corrected chi connectivity index (χ0v) is 24.1. The molecule has 3 nitrogen and oxygen atoms in total. The maximum Gasteiger partial charge on any atom is 0.0703 e. The summed E-state index contributed by atoms with van der Waals surface area (Å²) in [4.78, 5) is 3.96. The predicted molar refractivity (Wildman–Crippen MR) is 160 cm³/mol. The van der Waals surface area contributed by atoms with E-state index in [1.165, 1.54) is 68.6 Å². The van der Waals surface area contributed by atoms with Crippen LogP contribution >= 0.6 is 23.5 Å². The Hall–Kier alpha value is -1.82. The summed E-state index contributed by atoms with van der Waals surface area (Å²) in [6.07, 6.45) is 8.40. The molecule has 1 fully saturated rings. The summed E-state index contributed by atoms with van der Waals surface area (Å²) < 4.78 is 8.40.